The van der Waals surface area contributed by atoms with Crippen LogP contribution in [-0.4, -0.2) is 44.3 Å². The summed E-state index contributed by atoms with van der Waals surface area (Å²) in [5.41, 5.74) is 0. The lowest BCUT2D eigenvalue weighted by molar-refractivity contribution is -0.133. The summed E-state index contributed by atoms with van der Waals surface area (Å²) in [5, 5.41) is 8.36. The highest BCUT2D eigenvalue weighted by Crippen LogP contribution is 2.20. The van der Waals surface area contributed by atoms with Gasteiger partial charge in [-0.15, -0.1) is 0 Å². The molecular formula is C9H14N2O3S. The van der Waals surface area contributed by atoms with Crippen molar-refractivity contribution in [3.63, 3.8) is 0 Å². The Morgan fingerprint density at radius 1 is 1.60 bits per heavy atom. The fourth-order valence-corrected chi connectivity index (χ4v) is 3.36. The van der Waals surface area contributed by atoms with Crippen LogP contribution in [0.25, 0.3) is 0 Å². The minimum absolute atomic E-state index is 0.0390. The van der Waals surface area contributed by atoms with Crippen LogP contribution >= 0.6 is 0 Å². The molecule has 0 spiro atoms. The van der Waals surface area contributed by atoms with Gasteiger partial charge in [0, 0.05) is 13.6 Å². The third-order valence-corrected chi connectivity index (χ3v) is 4.28. The first kappa shape index (κ1) is 12.0. The SMILES string of the molecule is CN(CCC#N)C(=O)C1CCS(=O)(=O)C1. The fourth-order valence-electron chi connectivity index (χ4n) is 1.63. The van der Waals surface area contributed by atoms with Crippen molar-refractivity contribution in [3.05, 3.63) is 0 Å². The molecule has 15 heavy (non-hydrogen) atoms. The van der Waals surface area contributed by atoms with E-state index in [9.17, 15) is 13.2 Å². The van der Waals surface area contributed by atoms with Gasteiger partial charge in [0.25, 0.3) is 0 Å². The number of nitriles is 1. The van der Waals surface area contributed by atoms with Gasteiger partial charge < -0.3 is 4.90 Å². The molecule has 1 saturated heterocycles. The molecule has 1 aliphatic heterocycles. The Labute approximate surface area is 89.6 Å². The Hall–Kier alpha value is -1.09. The van der Waals surface area contributed by atoms with Gasteiger partial charge in [0.15, 0.2) is 9.84 Å². The van der Waals surface area contributed by atoms with Crippen LogP contribution in [0.5, 0.6) is 0 Å². The number of amides is 1. The second-order valence-electron chi connectivity index (χ2n) is 3.77. The summed E-state index contributed by atoms with van der Waals surface area (Å²) < 4.78 is 22.3. The third-order valence-electron chi connectivity index (χ3n) is 2.52. The van der Waals surface area contributed by atoms with Crippen molar-refractivity contribution in [1.29, 1.82) is 5.26 Å². The summed E-state index contributed by atoms with van der Waals surface area (Å²) >= 11 is 0. The van der Waals surface area contributed by atoms with E-state index in [1.54, 1.807) is 7.05 Å². The zero-order valence-corrected chi connectivity index (χ0v) is 9.46. The van der Waals surface area contributed by atoms with Crippen LogP contribution in [0.15, 0.2) is 0 Å². The summed E-state index contributed by atoms with van der Waals surface area (Å²) in [6.45, 7) is 0.367. The van der Waals surface area contributed by atoms with E-state index in [-0.39, 0.29) is 23.8 Å². The lowest BCUT2D eigenvalue weighted by Crippen LogP contribution is -2.34. The van der Waals surface area contributed by atoms with Crippen LogP contribution in [0.2, 0.25) is 0 Å². The standard InChI is InChI=1S/C9H14N2O3S/c1-11(5-2-4-10)9(12)8-3-6-15(13,14)7-8/h8H,2-3,5-7H2,1H3. The van der Waals surface area contributed by atoms with Gasteiger partial charge >= 0.3 is 0 Å². The monoisotopic (exact) mass is 230 g/mol. The van der Waals surface area contributed by atoms with Crippen molar-refractivity contribution < 1.29 is 13.2 Å². The molecule has 0 aromatic heterocycles. The van der Waals surface area contributed by atoms with E-state index in [0.717, 1.165) is 0 Å². The molecule has 1 amide bonds. The van der Waals surface area contributed by atoms with E-state index in [0.29, 0.717) is 13.0 Å². The average molecular weight is 230 g/mol. The van der Waals surface area contributed by atoms with Gasteiger partial charge in [-0.3, -0.25) is 4.79 Å². The van der Waals surface area contributed by atoms with Crippen LogP contribution in [0.3, 0.4) is 0 Å². The molecule has 0 aliphatic carbocycles. The number of rotatable bonds is 3. The molecular weight excluding hydrogens is 216 g/mol. The molecule has 5 nitrogen and oxygen atoms in total. The lowest BCUT2D eigenvalue weighted by Gasteiger charge is -2.18. The Kier molecular flexibility index (Phi) is 3.69. The molecule has 0 radical (unpaired) electrons. The highest BCUT2D eigenvalue weighted by molar-refractivity contribution is 7.91. The molecule has 1 aliphatic rings. The summed E-state index contributed by atoms with van der Waals surface area (Å²) in [5.74, 6) is -0.497. The van der Waals surface area contributed by atoms with Crippen LogP contribution in [0, 0.1) is 17.2 Å². The van der Waals surface area contributed by atoms with Crippen LogP contribution in [-0.2, 0) is 14.6 Å². The minimum atomic E-state index is -3.01. The lowest BCUT2D eigenvalue weighted by atomic mass is 10.1. The first-order valence-corrected chi connectivity index (χ1v) is 6.61. The Morgan fingerprint density at radius 2 is 2.27 bits per heavy atom. The molecule has 1 fully saturated rings. The molecule has 0 aromatic rings. The topological polar surface area (TPSA) is 78.2 Å². The average Bonchev–Trinajstić information content (AvgIpc) is 2.54. The number of hydrogen-bond donors (Lipinski definition) is 0. The summed E-state index contributed by atoms with van der Waals surface area (Å²) in [4.78, 5) is 13.1. The predicted octanol–water partition coefficient (Wildman–Crippen LogP) is -0.207. The largest absolute Gasteiger partial charge is 0.344 e. The second-order valence-corrected chi connectivity index (χ2v) is 6.00. The van der Waals surface area contributed by atoms with Gasteiger partial charge in [-0.2, -0.15) is 5.26 Å². The third kappa shape index (κ3) is 3.20. The van der Waals surface area contributed by atoms with E-state index < -0.39 is 15.8 Å². The maximum Gasteiger partial charge on any atom is 0.226 e. The Morgan fingerprint density at radius 3 is 2.73 bits per heavy atom. The zero-order chi connectivity index (χ0) is 11.5. The Balaban J connectivity index is 2.52. The Bertz CT molecular complexity index is 383. The van der Waals surface area contributed by atoms with E-state index in [2.05, 4.69) is 0 Å². The molecule has 1 atom stereocenters. The van der Waals surface area contributed by atoms with Crippen molar-refractivity contribution in [2.45, 2.75) is 12.8 Å². The molecule has 0 aromatic carbocycles. The van der Waals surface area contributed by atoms with Crippen molar-refractivity contribution in [1.82, 2.24) is 4.90 Å². The van der Waals surface area contributed by atoms with E-state index in [1.807, 2.05) is 6.07 Å². The first-order valence-electron chi connectivity index (χ1n) is 4.78. The van der Waals surface area contributed by atoms with Crippen LogP contribution < -0.4 is 0 Å². The number of nitrogens with zero attached hydrogens (tertiary/aromatic N) is 2. The van der Waals surface area contributed by atoms with Crippen molar-refractivity contribution >= 4 is 15.7 Å². The number of carbonyl (C=O) groups is 1. The first-order chi connectivity index (χ1) is 6.96. The van der Waals surface area contributed by atoms with Gasteiger partial charge in [-0.05, 0) is 6.42 Å². The maximum absolute atomic E-state index is 11.7. The molecule has 0 saturated carbocycles. The minimum Gasteiger partial charge on any atom is -0.344 e. The fraction of sp³-hybridized carbons (Fsp3) is 0.778. The number of sulfone groups is 1. The maximum atomic E-state index is 11.7. The quantitative estimate of drug-likeness (QED) is 0.672. The van der Waals surface area contributed by atoms with Gasteiger partial charge in [-0.1, -0.05) is 0 Å². The molecule has 0 bridgehead atoms. The van der Waals surface area contributed by atoms with E-state index in [4.69, 9.17) is 5.26 Å². The molecule has 6 heteroatoms. The van der Waals surface area contributed by atoms with Crippen molar-refractivity contribution in [3.8, 4) is 6.07 Å². The molecule has 1 rings (SSSR count). The van der Waals surface area contributed by atoms with Gasteiger partial charge in [0.1, 0.15) is 0 Å². The molecule has 1 heterocycles. The highest BCUT2D eigenvalue weighted by atomic mass is 32.2. The normalized spacial score (nSPS) is 23.3. The van der Waals surface area contributed by atoms with Crippen LogP contribution in [0.1, 0.15) is 12.8 Å². The molecule has 84 valence electrons. The predicted molar refractivity (Wildman–Crippen MR) is 54.6 cm³/mol. The number of hydrogen-bond acceptors (Lipinski definition) is 4. The van der Waals surface area contributed by atoms with Gasteiger partial charge in [0.05, 0.1) is 29.9 Å². The van der Waals surface area contributed by atoms with E-state index in [1.165, 1.54) is 4.90 Å². The van der Waals surface area contributed by atoms with Gasteiger partial charge in [-0.25, -0.2) is 8.42 Å². The summed E-state index contributed by atoms with van der Waals surface area (Å²) in [7, 11) is -1.41. The smallest absolute Gasteiger partial charge is 0.226 e. The summed E-state index contributed by atoms with van der Waals surface area (Å²) in [6, 6.07) is 1.95. The molecule has 0 N–H and O–H groups in total. The highest BCUT2D eigenvalue weighted by Gasteiger charge is 2.34. The van der Waals surface area contributed by atoms with Crippen molar-refractivity contribution in [2.75, 3.05) is 25.1 Å². The summed E-state index contributed by atoms with van der Waals surface area (Å²) in [6.07, 6.45) is 0.694. The van der Waals surface area contributed by atoms with E-state index >= 15 is 0 Å². The zero-order valence-electron chi connectivity index (χ0n) is 8.64. The van der Waals surface area contributed by atoms with Gasteiger partial charge in [0.2, 0.25) is 5.91 Å². The van der Waals surface area contributed by atoms with Crippen LogP contribution in [0.4, 0.5) is 0 Å². The second kappa shape index (κ2) is 4.62. The molecule has 1 unspecified atom stereocenters. The van der Waals surface area contributed by atoms with Crippen molar-refractivity contribution in [2.24, 2.45) is 5.92 Å². The number of carbonyl (C=O) groups excluding carboxylic acids is 1.